The van der Waals surface area contributed by atoms with Gasteiger partial charge in [0, 0.05) is 12.6 Å². The molecule has 5 nitrogen and oxygen atoms in total. The molecule has 1 amide bonds. The van der Waals surface area contributed by atoms with Crippen LogP contribution in [0.15, 0.2) is 42.5 Å². The van der Waals surface area contributed by atoms with Gasteiger partial charge in [-0.1, -0.05) is 12.1 Å². The van der Waals surface area contributed by atoms with Gasteiger partial charge in [-0.05, 0) is 30.3 Å². The summed E-state index contributed by atoms with van der Waals surface area (Å²) in [4.78, 5) is 14.1. The Morgan fingerprint density at radius 3 is 2.38 bits per heavy atom. The summed E-state index contributed by atoms with van der Waals surface area (Å²) < 4.78 is 10.4. The van der Waals surface area contributed by atoms with E-state index in [0.717, 1.165) is 0 Å². The molecule has 0 atom stereocenters. The van der Waals surface area contributed by atoms with E-state index in [4.69, 9.17) is 15.2 Å². The number of carbonyl (C=O) groups excluding carboxylic acids is 1. The number of rotatable bonds is 4. The summed E-state index contributed by atoms with van der Waals surface area (Å²) in [6.45, 7) is 0. The number of hydrogen-bond donors (Lipinski definition) is 1. The fraction of sp³-hybridized carbons (Fsp3) is 0.188. The highest BCUT2D eigenvalue weighted by Crippen LogP contribution is 2.29. The van der Waals surface area contributed by atoms with Crippen LogP contribution in [0.1, 0.15) is 10.4 Å². The zero-order valence-electron chi connectivity index (χ0n) is 12.3. The molecule has 0 heterocycles. The summed E-state index contributed by atoms with van der Waals surface area (Å²) >= 11 is 0. The quantitative estimate of drug-likeness (QED) is 0.877. The second-order valence-corrected chi connectivity index (χ2v) is 4.49. The Labute approximate surface area is 123 Å². The summed E-state index contributed by atoms with van der Waals surface area (Å²) in [5, 5.41) is 0. The van der Waals surface area contributed by atoms with E-state index in [2.05, 4.69) is 0 Å². The average Bonchev–Trinajstić information content (AvgIpc) is 2.53. The van der Waals surface area contributed by atoms with Gasteiger partial charge in [-0.3, -0.25) is 4.79 Å². The SMILES string of the molecule is COc1cc(C(=O)N(C)c2ccccc2OC)ccc1N. The van der Waals surface area contributed by atoms with E-state index in [0.29, 0.717) is 28.4 Å². The topological polar surface area (TPSA) is 64.8 Å². The normalized spacial score (nSPS) is 10.0. The molecule has 0 aromatic heterocycles. The Hall–Kier alpha value is -2.69. The highest BCUT2D eigenvalue weighted by molar-refractivity contribution is 6.07. The van der Waals surface area contributed by atoms with Crippen molar-refractivity contribution in [3.05, 3.63) is 48.0 Å². The van der Waals surface area contributed by atoms with E-state index in [9.17, 15) is 4.79 Å². The van der Waals surface area contributed by atoms with Gasteiger partial charge in [-0.25, -0.2) is 0 Å². The number of benzene rings is 2. The van der Waals surface area contributed by atoms with E-state index in [1.54, 1.807) is 32.4 Å². The van der Waals surface area contributed by atoms with E-state index in [1.165, 1.54) is 12.0 Å². The lowest BCUT2D eigenvalue weighted by Crippen LogP contribution is -2.26. The highest BCUT2D eigenvalue weighted by atomic mass is 16.5. The predicted molar refractivity (Wildman–Crippen MR) is 83.1 cm³/mol. The Morgan fingerprint density at radius 1 is 1.05 bits per heavy atom. The van der Waals surface area contributed by atoms with Gasteiger partial charge in [-0.15, -0.1) is 0 Å². The highest BCUT2D eigenvalue weighted by Gasteiger charge is 2.17. The third-order valence-electron chi connectivity index (χ3n) is 3.23. The Kier molecular flexibility index (Phi) is 4.33. The molecular formula is C16H18N2O3. The fourth-order valence-electron chi connectivity index (χ4n) is 2.05. The maximum Gasteiger partial charge on any atom is 0.258 e. The van der Waals surface area contributed by atoms with Gasteiger partial charge in [0.05, 0.1) is 25.6 Å². The van der Waals surface area contributed by atoms with Crippen LogP contribution < -0.4 is 20.1 Å². The molecule has 0 aliphatic heterocycles. The number of methoxy groups -OCH3 is 2. The van der Waals surface area contributed by atoms with E-state index >= 15 is 0 Å². The lowest BCUT2D eigenvalue weighted by molar-refractivity contribution is 0.0992. The number of carbonyl (C=O) groups is 1. The summed E-state index contributed by atoms with van der Waals surface area (Å²) in [5.74, 6) is 0.947. The molecule has 0 saturated heterocycles. The van der Waals surface area contributed by atoms with Gasteiger partial charge in [0.15, 0.2) is 0 Å². The standard InChI is InChI=1S/C16H18N2O3/c1-18(13-6-4-5-7-14(13)20-2)16(19)11-8-9-12(17)15(10-11)21-3/h4-10H,17H2,1-3H3. The average molecular weight is 286 g/mol. The van der Waals surface area contributed by atoms with Gasteiger partial charge in [0.1, 0.15) is 11.5 Å². The molecule has 2 N–H and O–H groups in total. The zero-order chi connectivity index (χ0) is 15.4. The molecule has 0 saturated carbocycles. The largest absolute Gasteiger partial charge is 0.495 e. The Balaban J connectivity index is 2.35. The van der Waals surface area contributed by atoms with Crippen molar-refractivity contribution in [2.45, 2.75) is 0 Å². The van der Waals surface area contributed by atoms with Crippen LogP contribution in [-0.2, 0) is 0 Å². The Bertz CT molecular complexity index is 656. The molecule has 110 valence electrons. The van der Waals surface area contributed by atoms with Gasteiger partial charge in [-0.2, -0.15) is 0 Å². The molecule has 2 aromatic rings. The van der Waals surface area contributed by atoms with E-state index in [1.807, 2.05) is 24.3 Å². The number of nitrogen functional groups attached to an aromatic ring is 1. The minimum Gasteiger partial charge on any atom is -0.495 e. The summed E-state index contributed by atoms with van der Waals surface area (Å²) in [7, 11) is 4.79. The van der Waals surface area contributed by atoms with Crippen LogP contribution >= 0.6 is 0 Å². The maximum atomic E-state index is 12.6. The first-order valence-electron chi connectivity index (χ1n) is 6.43. The molecule has 0 aliphatic carbocycles. The van der Waals surface area contributed by atoms with Crippen LogP contribution in [0.25, 0.3) is 0 Å². The first kappa shape index (κ1) is 14.7. The molecule has 0 fully saturated rings. The second kappa shape index (κ2) is 6.17. The molecular weight excluding hydrogens is 268 g/mol. The molecule has 0 bridgehead atoms. The van der Waals surface area contributed by atoms with Crippen molar-refractivity contribution in [2.75, 3.05) is 31.9 Å². The van der Waals surface area contributed by atoms with Crippen LogP contribution in [0.4, 0.5) is 11.4 Å². The number of amides is 1. The minimum atomic E-state index is -0.169. The predicted octanol–water partition coefficient (Wildman–Crippen LogP) is 2.56. The Morgan fingerprint density at radius 2 is 1.71 bits per heavy atom. The monoisotopic (exact) mass is 286 g/mol. The number of ether oxygens (including phenoxy) is 2. The first-order valence-corrected chi connectivity index (χ1v) is 6.43. The van der Waals surface area contributed by atoms with Crippen molar-refractivity contribution in [3.8, 4) is 11.5 Å². The molecule has 0 unspecified atom stereocenters. The maximum absolute atomic E-state index is 12.6. The van der Waals surface area contributed by atoms with Gasteiger partial charge in [0.2, 0.25) is 0 Å². The molecule has 2 aromatic carbocycles. The lowest BCUT2D eigenvalue weighted by atomic mass is 10.1. The number of para-hydroxylation sites is 2. The zero-order valence-corrected chi connectivity index (χ0v) is 12.3. The van der Waals surface area contributed by atoms with Gasteiger partial charge >= 0.3 is 0 Å². The molecule has 0 radical (unpaired) electrons. The van der Waals surface area contributed by atoms with Crippen molar-refractivity contribution < 1.29 is 14.3 Å². The third kappa shape index (κ3) is 2.91. The third-order valence-corrected chi connectivity index (χ3v) is 3.23. The molecule has 21 heavy (non-hydrogen) atoms. The fourth-order valence-corrected chi connectivity index (χ4v) is 2.05. The number of hydrogen-bond acceptors (Lipinski definition) is 4. The van der Waals surface area contributed by atoms with Crippen molar-refractivity contribution in [2.24, 2.45) is 0 Å². The first-order chi connectivity index (χ1) is 10.1. The van der Waals surface area contributed by atoms with Crippen LogP contribution in [0.2, 0.25) is 0 Å². The molecule has 0 aliphatic rings. The molecule has 0 spiro atoms. The smallest absolute Gasteiger partial charge is 0.258 e. The van der Waals surface area contributed by atoms with Crippen LogP contribution in [0.3, 0.4) is 0 Å². The van der Waals surface area contributed by atoms with Crippen molar-refractivity contribution in [1.82, 2.24) is 0 Å². The van der Waals surface area contributed by atoms with Crippen molar-refractivity contribution in [1.29, 1.82) is 0 Å². The molecule has 2 rings (SSSR count). The van der Waals surface area contributed by atoms with E-state index < -0.39 is 0 Å². The van der Waals surface area contributed by atoms with Gasteiger partial charge in [0.25, 0.3) is 5.91 Å². The lowest BCUT2D eigenvalue weighted by Gasteiger charge is -2.20. The number of nitrogens with two attached hydrogens (primary N) is 1. The van der Waals surface area contributed by atoms with Gasteiger partial charge < -0.3 is 20.1 Å². The van der Waals surface area contributed by atoms with Crippen LogP contribution in [-0.4, -0.2) is 27.2 Å². The van der Waals surface area contributed by atoms with E-state index in [-0.39, 0.29) is 5.91 Å². The summed E-state index contributed by atoms with van der Waals surface area (Å²) in [6, 6.07) is 12.3. The van der Waals surface area contributed by atoms with Crippen molar-refractivity contribution >= 4 is 17.3 Å². The summed E-state index contributed by atoms with van der Waals surface area (Å²) in [6.07, 6.45) is 0. The molecule has 5 heteroatoms. The summed E-state index contributed by atoms with van der Waals surface area (Å²) in [5.41, 5.74) is 7.45. The van der Waals surface area contributed by atoms with Crippen molar-refractivity contribution in [3.63, 3.8) is 0 Å². The second-order valence-electron chi connectivity index (χ2n) is 4.49. The minimum absolute atomic E-state index is 0.169. The van der Waals surface area contributed by atoms with Crippen LogP contribution in [0.5, 0.6) is 11.5 Å². The number of nitrogens with zero attached hydrogens (tertiary/aromatic N) is 1. The van der Waals surface area contributed by atoms with Crippen LogP contribution in [0, 0.1) is 0 Å². The number of anilines is 2.